The van der Waals surface area contributed by atoms with E-state index < -0.39 is 0 Å². The molecule has 1 aromatic heterocycles. The van der Waals surface area contributed by atoms with E-state index in [4.69, 9.17) is 11.6 Å². The molecule has 0 unspecified atom stereocenters. The Bertz CT molecular complexity index is 732. The molecule has 4 rings (SSSR count). The highest BCUT2D eigenvalue weighted by molar-refractivity contribution is 7.10. The summed E-state index contributed by atoms with van der Waals surface area (Å²) in [6.07, 6.45) is 4.32. The van der Waals surface area contributed by atoms with Gasteiger partial charge in [0.25, 0.3) is 0 Å². The van der Waals surface area contributed by atoms with Gasteiger partial charge in [0.05, 0.1) is 5.41 Å². The van der Waals surface area contributed by atoms with Crippen molar-refractivity contribution in [1.82, 2.24) is 4.90 Å². The van der Waals surface area contributed by atoms with E-state index in [1.165, 1.54) is 4.88 Å². The lowest BCUT2D eigenvalue weighted by molar-refractivity contribution is -0.137. The van der Waals surface area contributed by atoms with Crippen LogP contribution < -0.4 is 4.90 Å². The minimum absolute atomic E-state index is 0.258. The molecule has 0 N–H and O–H groups in total. The second-order valence-electron chi connectivity index (χ2n) is 7.03. The third-order valence-electron chi connectivity index (χ3n) is 5.60. The van der Waals surface area contributed by atoms with Crippen molar-refractivity contribution in [2.24, 2.45) is 0 Å². The minimum Gasteiger partial charge on any atom is -0.368 e. The van der Waals surface area contributed by atoms with Crippen LogP contribution in [0.4, 0.5) is 5.69 Å². The van der Waals surface area contributed by atoms with Gasteiger partial charge in [0.1, 0.15) is 0 Å². The second kappa shape index (κ2) is 7.00. The lowest BCUT2D eigenvalue weighted by Crippen LogP contribution is -2.54. The molecule has 0 atom stereocenters. The molecule has 132 valence electrons. The molecule has 0 spiro atoms. The van der Waals surface area contributed by atoms with Crippen molar-refractivity contribution in [1.29, 1.82) is 0 Å². The van der Waals surface area contributed by atoms with Crippen molar-refractivity contribution in [3.05, 3.63) is 51.7 Å². The average Bonchev–Trinajstić information content (AvgIpc) is 3.33. The second-order valence-corrected chi connectivity index (χ2v) is 8.41. The summed E-state index contributed by atoms with van der Waals surface area (Å²) in [7, 11) is 0. The van der Waals surface area contributed by atoms with Gasteiger partial charge in [0.2, 0.25) is 5.91 Å². The van der Waals surface area contributed by atoms with Crippen molar-refractivity contribution < 1.29 is 4.79 Å². The monoisotopic (exact) mass is 374 g/mol. The average molecular weight is 375 g/mol. The van der Waals surface area contributed by atoms with E-state index in [9.17, 15) is 4.79 Å². The molecule has 2 heterocycles. The molecule has 2 aliphatic rings. The van der Waals surface area contributed by atoms with Gasteiger partial charge in [-0.15, -0.1) is 11.3 Å². The zero-order chi connectivity index (χ0) is 17.3. The quantitative estimate of drug-likeness (QED) is 0.786. The van der Waals surface area contributed by atoms with E-state index in [-0.39, 0.29) is 5.41 Å². The van der Waals surface area contributed by atoms with Crippen LogP contribution in [0.1, 0.15) is 30.6 Å². The van der Waals surface area contributed by atoms with Gasteiger partial charge in [0.15, 0.2) is 0 Å². The van der Waals surface area contributed by atoms with Gasteiger partial charge in [-0.05, 0) is 42.5 Å². The number of nitrogens with zero attached hydrogens (tertiary/aromatic N) is 2. The van der Waals surface area contributed by atoms with E-state index in [0.29, 0.717) is 5.91 Å². The number of piperazine rings is 1. The first-order chi connectivity index (χ1) is 12.2. The molecule has 1 saturated heterocycles. The number of thiophene rings is 1. The van der Waals surface area contributed by atoms with Gasteiger partial charge in [0, 0.05) is 41.8 Å². The summed E-state index contributed by atoms with van der Waals surface area (Å²) in [5.74, 6) is 0.346. The Morgan fingerprint density at radius 1 is 1.04 bits per heavy atom. The zero-order valence-corrected chi connectivity index (χ0v) is 15.9. The summed E-state index contributed by atoms with van der Waals surface area (Å²) < 4.78 is 0. The fourth-order valence-electron chi connectivity index (χ4n) is 4.24. The van der Waals surface area contributed by atoms with Crippen molar-refractivity contribution in [2.45, 2.75) is 31.1 Å². The first-order valence-electron chi connectivity index (χ1n) is 9.03. The van der Waals surface area contributed by atoms with Crippen LogP contribution in [0.2, 0.25) is 5.02 Å². The molecule has 0 bridgehead atoms. The maximum atomic E-state index is 13.4. The number of carbonyl (C=O) groups is 1. The normalized spacial score (nSPS) is 20.0. The SMILES string of the molecule is O=C(N1CCN(c2cccc(Cl)c2)CC1)C1(c2cccs2)CCCC1. The van der Waals surface area contributed by atoms with E-state index in [0.717, 1.165) is 62.6 Å². The number of benzene rings is 1. The summed E-state index contributed by atoms with van der Waals surface area (Å²) in [4.78, 5) is 19.1. The molecule has 1 aromatic carbocycles. The number of halogens is 1. The van der Waals surface area contributed by atoms with E-state index >= 15 is 0 Å². The fraction of sp³-hybridized carbons (Fsp3) is 0.450. The molecule has 1 amide bonds. The molecular formula is C20H23ClN2OS. The maximum Gasteiger partial charge on any atom is 0.234 e. The minimum atomic E-state index is -0.258. The van der Waals surface area contributed by atoms with Crippen LogP contribution in [0.3, 0.4) is 0 Å². The first-order valence-corrected chi connectivity index (χ1v) is 10.3. The van der Waals surface area contributed by atoms with Crippen molar-refractivity contribution >= 4 is 34.5 Å². The summed E-state index contributed by atoms with van der Waals surface area (Å²) in [5, 5.41) is 2.86. The predicted octanol–water partition coefficient (Wildman–Crippen LogP) is 4.56. The van der Waals surface area contributed by atoms with Crippen LogP contribution in [0.15, 0.2) is 41.8 Å². The summed E-state index contributed by atoms with van der Waals surface area (Å²) in [6.45, 7) is 3.32. The molecule has 2 aromatic rings. The highest BCUT2D eigenvalue weighted by Gasteiger charge is 2.46. The Labute approximate surface area is 158 Å². The molecule has 5 heteroatoms. The van der Waals surface area contributed by atoms with Crippen molar-refractivity contribution in [3.8, 4) is 0 Å². The molecule has 1 aliphatic heterocycles. The summed E-state index contributed by atoms with van der Waals surface area (Å²) in [6, 6.07) is 12.2. The third kappa shape index (κ3) is 3.18. The lowest BCUT2D eigenvalue weighted by atomic mass is 9.82. The van der Waals surface area contributed by atoms with Gasteiger partial charge in [-0.25, -0.2) is 0 Å². The largest absolute Gasteiger partial charge is 0.368 e. The predicted molar refractivity (Wildman–Crippen MR) is 105 cm³/mol. The fourth-order valence-corrected chi connectivity index (χ4v) is 5.40. The molecule has 2 fully saturated rings. The van der Waals surface area contributed by atoms with Crippen LogP contribution in [0.25, 0.3) is 0 Å². The van der Waals surface area contributed by atoms with Crippen LogP contribution in [0.5, 0.6) is 0 Å². The smallest absolute Gasteiger partial charge is 0.234 e. The van der Waals surface area contributed by atoms with Gasteiger partial charge in [-0.2, -0.15) is 0 Å². The van der Waals surface area contributed by atoms with E-state index in [1.807, 2.05) is 18.2 Å². The number of rotatable bonds is 3. The summed E-state index contributed by atoms with van der Waals surface area (Å²) >= 11 is 7.85. The molecule has 1 aliphatic carbocycles. The van der Waals surface area contributed by atoms with Gasteiger partial charge >= 0.3 is 0 Å². The van der Waals surface area contributed by atoms with E-state index in [2.05, 4.69) is 33.4 Å². The first kappa shape index (κ1) is 16.9. The number of carbonyl (C=O) groups excluding carboxylic acids is 1. The van der Waals surface area contributed by atoms with Gasteiger partial charge in [-0.1, -0.05) is 36.6 Å². The van der Waals surface area contributed by atoms with Crippen molar-refractivity contribution in [3.63, 3.8) is 0 Å². The van der Waals surface area contributed by atoms with Gasteiger partial charge in [-0.3, -0.25) is 4.79 Å². The van der Waals surface area contributed by atoms with Crippen LogP contribution in [-0.2, 0) is 10.2 Å². The zero-order valence-electron chi connectivity index (χ0n) is 14.3. The Kier molecular flexibility index (Phi) is 4.74. The molecule has 0 radical (unpaired) electrons. The highest BCUT2D eigenvalue weighted by Crippen LogP contribution is 2.44. The third-order valence-corrected chi connectivity index (χ3v) is 6.91. The summed E-state index contributed by atoms with van der Waals surface area (Å²) in [5.41, 5.74) is 0.889. The molecule has 25 heavy (non-hydrogen) atoms. The number of amides is 1. The number of hydrogen-bond donors (Lipinski definition) is 0. The Hall–Kier alpha value is -1.52. The topological polar surface area (TPSA) is 23.6 Å². The molecular weight excluding hydrogens is 352 g/mol. The number of hydrogen-bond acceptors (Lipinski definition) is 3. The maximum absolute atomic E-state index is 13.4. The van der Waals surface area contributed by atoms with Crippen LogP contribution in [-0.4, -0.2) is 37.0 Å². The molecule has 3 nitrogen and oxygen atoms in total. The lowest BCUT2D eigenvalue weighted by Gasteiger charge is -2.40. The standard InChI is InChI=1S/C20H23ClN2OS/c21-16-5-3-6-17(15-16)22-10-12-23(13-11-22)19(24)20(8-1-2-9-20)18-7-4-14-25-18/h3-7,14-15H,1-2,8-13H2. The van der Waals surface area contributed by atoms with Crippen LogP contribution >= 0.6 is 22.9 Å². The van der Waals surface area contributed by atoms with Crippen LogP contribution in [0, 0.1) is 0 Å². The van der Waals surface area contributed by atoms with Gasteiger partial charge < -0.3 is 9.80 Å². The highest BCUT2D eigenvalue weighted by atomic mass is 35.5. The van der Waals surface area contributed by atoms with Crippen molar-refractivity contribution in [2.75, 3.05) is 31.1 Å². The van der Waals surface area contributed by atoms with E-state index in [1.54, 1.807) is 11.3 Å². The Morgan fingerprint density at radius 2 is 1.80 bits per heavy atom. The Balaban J connectivity index is 1.47. The number of anilines is 1. The Morgan fingerprint density at radius 3 is 2.44 bits per heavy atom. The molecule has 1 saturated carbocycles.